The van der Waals surface area contributed by atoms with Crippen molar-refractivity contribution in [2.24, 2.45) is 5.73 Å². The first-order chi connectivity index (χ1) is 20.8. The number of hydrogen-bond donors (Lipinski definition) is 2. The number of aromatic hydroxyl groups is 1. The Morgan fingerprint density at radius 1 is 1.14 bits per heavy atom. The average Bonchev–Trinajstić information content (AvgIpc) is 3.63. The second kappa shape index (κ2) is 9.89. The van der Waals surface area contributed by atoms with E-state index in [1.165, 1.54) is 10.8 Å². The van der Waals surface area contributed by atoms with Crippen LogP contribution in [0.25, 0.3) is 22.7 Å². The second-order valence-corrected chi connectivity index (χ2v) is 10.8. The number of rotatable bonds is 6. The van der Waals surface area contributed by atoms with Gasteiger partial charge in [0.2, 0.25) is 11.7 Å². The molecule has 5 aromatic heterocycles. The number of hydrogen-bond acceptors (Lipinski definition) is 10. The van der Waals surface area contributed by atoms with E-state index in [2.05, 4.69) is 25.1 Å². The lowest BCUT2D eigenvalue weighted by atomic mass is 9.81. The molecule has 0 bridgehead atoms. The van der Waals surface area contributed by atoms with Crippen LogP contribution in [0, 0.1) is 6.92 Å². The number of carbonyl (C=O) groups excluding carboxylic acids is 2. The van der Waals surface area contributed by atoms with E-state index >= 15 is 0 Å². The zero-order valence-corrected chi connectivity index (χ0v) is 23.6. The maximum Gasteiger partial charge on any atom is 0.299 e. The molecule has 6 heterocycles. The van der Waals surface area contributed by atoms with Gasteiger partial charge in [0.25, 0.3) is 11.5 Å². The van der Waals surface area contributed by atoms with Crippen LogP contribution in [-0.2, 0) is 17.8 Å². The zero-order chi connectivity index (χ0) is 30.0. The molecule has 0 spiro atoms. The van der Waals surface area contributed by atoms with Gasteiger partial charge in [-0.25, -0.2) is 14.5 Å². The van der Waals surface area contributed by atoms with E-state index in [0.717, 1.165) is 18.4 Å². The van der Waals surface area contributed by atoms with Crippen LogP contribution in [0.5, 0.6) is 5.75 Å². The molecule has 15 nitrogen and oxygen atoms in total. The van der Waals surface area contributed by atoms with Gasteiger partial charge in [-0.05, 0) is 44.4 Å². The summed E-state index contributed by atoms with van der Waals surface area (Å²) in [7, 11) is 0. The number of nitrogens with zero attached hydrogens (tertiary/aromatic N) is 10. The van der Waals surface area contributed by atoms with Crippen molar-refractivity contribution in [3.05, 3.63) is 64.4 Å². The predicted octanol–water partition coefficient (Wildman–Crippen LogP) is 0.551. The molecule has 1 saturated carbocycles. The van der Waals surface area contributed by atoms with Crippen molar-refractivity contribution in [3.8, 4) is 17.1 Å². The van der Waals surface area contributed by atoms with E-state index in [1.807, 2.05) is 30.0 Å². The summed E-state index contributed by atoms with van der Waals surface area (Å²) >= 11 is 0. The number of anilines is 1. The third kappa shape index (κ3) is 4.10. The highest BCUT2D eigenvalue weighted by Crippen LogP contribution is 2.38. The van der Waals surface area contributed by atoms with Gasteiger partial charge in [0.1, 0.15) is 18.6 Å². The molecule has 1 aliphatic carbocycles. The van der Waals surface area contributed by atoms with Crippen molar-refractivity contribution in [1.82, 2.24) is 43.6 Å². The summed E-state index contributed by atoms with van der Waals surface area (Å²) in [6.45, 7) is 4.02. The minimum Gasteiger partial charge on any atom is -0.504 e. The fraction of sp³-hybridized carbons (Fsp3) is 0.357. The normalized spacial score (nSPS) is 18.2. The molecule has 1 aliphatic heterocycles. The summed E-state index contributed by atoms with van der Waals surface area (Å²) in [5.41, 5.74) is 8.18. The molecule has 2 atom stereocenters. The summed E-state index contributed by atoms with van der Waals surface area (Å²) in [5.74, 6) is -0.622. The first-order valence-corrected chi connectivity index (χ1v) is 14.1. The fourth-order valence-electron chi connectivity index (χ4n) is 6.27. The monoisotopic (exact) mass is 583 g/mol. The minimum absolute atomic E-state index is 0.0321. The van der Waals surface area contributed by atoms with Crippen LogP contribution in [0.1, 0.15) is 41.6 Å². The molecule has 15 heteroatoms. The van der Waals surface area contributed by atoms with E-state index in [-0.39, 0.29) is 47.3 Å². The lowest BCUT2D eigenvalue weighted by Crippen LogP contribution is -2.67. The number of aromatic nitrogens is 8. The van der Waals surface area contributed by atoms with E-state index in [1.54, 1.807) is 33.3 Å². The van der Waals surface area contributed by atoms with E-state index in [9.17, 15) is 19.5 Å². The van der Waals surface area contributed by atoms with E-state index in [4.69, 9.17) is 5.73 Å². The van der Waals surface area contributed by atoms with Gasteiger partial charge in [-0.15, -0.1) is 5.10 Å². The molecule has 43 heavy (non-hydrogen) atoms. The van der Waals surface area contributed by atoms with Gasteiger partial charge in [0.05, 0.1) is 22.9 Å². The van der Waals surface area contributed by atoms with Crippen LogP contribution < -0.4 is 16.2 Å². The molecule has 5 aromatic rings. The maximum absolute atomic E-state index is 14.2. The molecule has 2 amide bonds. The molecule has 7 rings (SSSR count). The fourth-order valence-corrected chi connectivity index (χ4v) is 6.27. The minimum atomic E-state index is -0.576. The Balaban J connectivity index is 1.31. The third-order valence-corrected chi connectivity index (χ3v) is 8.47. The van der Waals surface area contributed by atoms with Gasteiger partial charge in [-0.3, -0.25) is 14.4 Å². The lowest BCUT2D eigenvalue weighted by Gasteiger charge is -2.54. The van der Waals surface area contributed by atoms with Gasteiger partial charge in [-0.1, -0.05) is 6.92 Å². The van der Waals surface area contributed by atoms with Gasteiger partial charge in [0, 0.05) is 37.1 Å². The van der Waals surface area contributed by atoms with Crippen LogP contribution in [0.3, 0.4) is 0 Å². The number of carbonyl (C=O) groups is 2. The Bertz CT molecular complexity index is 1990. The number of fused-ring (bicyclic) bond motifs is 3. The summed E-state index contributed by atoms with van der Waals surface area (Å²) < 4.78 is 4.62. The Labute approximate surface area is 244 Å². The molecule has 3 N–H and O–H groups in total. The maximum atomic E-state index is 14.2. The largest absolute Gasteiger partial charge is 0.504 e. The highest BCUT2D eigenvalue weighted by molar-refractivity contribution is 5.95. The number of amides is 2. The Hall–Kier alpha value is -5.34. The number of pyridine rings is 1. The Kier molecular flexibility index (Phi) is 6.11. The van der Waals surface area contributed by atoms with Crippen molar-refractivity contribution in [2.45, 2.75) is 51.7 Å². The Morgan fingerprint density at radius 3 is 2.70 bits per heavy atom. The number of nitrogens with two attached hydrogens (primary N) is 1. The van der Waals surface area contributed by atoms with Gasteiger partial charge in [0.15, 0.2) is 17.3 Å². The van der Waals surface area contributed by atoms with Crippen molar-refractivity contribution in [2.75, 3.05) is 18.0 Å². The summed E-state index contributed by atoms with van der Waals surface area (Å²) in [5, 5.41) is 19.3. The summed E-state index contributed by atoms with van der Waals surface area (Å²) in [6.07, 6.45) is 6.67. The quantitative estimate of drug-likeness (QED) is 0.286. The molecule has 0 aromatic carbocycles. The number of piperazine rings is 1. The van der Waals surface area contributed by atoms with E-state index < -0.39 is 5.91 Å². The highest BCUT2D eigenvalue weighted by Gasteiger charge is 2.47. The smallest absolute Gasteiger partial charge is 0.299 e. The molecular formula is C28H29N11O4. The summed E-state index contributed by atoms with van der Waals surface area (Å²) in [6, 6.07) is 5.21. The molecule has 1 saturated heterocycles. The van der Waals surface area contributed by atoms with Crippen LogP contribution in [0.15, 0.2) is 41.7 Å². The van der Waals surface area contributed by atoms with Crippen molar-refractivity contribution >= 4 is 28.8 Å². The summed E-state index contributed by atoms with van der Waals surface area (Å²) in [4.78, 5) is 56.3. The highest BCUT2D eigenvalue weighted by atomic mass is 16.3. The zero-order valence-electron chi connectivity index (χ0n) is 23.6. The lowest BCUT2D eigenvalue weighted by molar-refractivity contribution is -0.118. The predicted molar refractivity (Wildman–Crippen MR) is 154 cm³/mol. The first kappa shape index (κ1) is 26.6. The van der Waals surface area contributed by atoms with Crippen LogP contribution in [0.4, 0.5) is 5.69 Å². The van der Waals surface area contributed by atoms with Crippen molar-refractivity contribution < 1.29 is 14.7 Å². The SMILES string of the molecule is CCc1c(N2CCN(C(=O)c3ncnc(C)c3O)[C@H]3CC[C@@H]32)c(=O)n2nc(-c3ccn4nccc4c3)nc2n1CC(N)=O. The van der Waals surface area contributed by atoms with Crippen LogP contribution >= 0.6 is 0 Å². The molecule has 2 aliphatic rings. The Morgan fingerprint density at radius 2 is 1.95 bits per heavy atom. The molecular weight excluding hydrogens is 554 g/mol. The van der Waals surface area contributed by atoms with Crippen molar-refractivity contribution in [3.63, 3.8) is 0 Å². The van der Waals surface area contributed by atoms with Crippen LogP contribution in [-0.4, -0.2) is 85.7 Å². The van der Waals surface area contributed by atoms with Crippen molar-refractivity contribution in [1.29, 1.82) is 0 Å². The number of aryl methyl sites for hydroxylation is 1. The second-order valence-electron chi connectivity index (χ2n) is 10.8. The number of primary amides is 1. The third-order valence-electron chi connectivity index (χ3n) is 8.47. The molecule has 2 fully saturated rings. The first-order valence-electron chi connectivity index (χ1n) is 14.1. The molecule has 0 radical (unpaired) electrons. The van der Waals surface area contributed by atoms with Gasteiger partial charge in [-0.2, -0.15) is 14.6 Å². The van der Waals surface area contributed by atoms with E-state index in [0.29, 0.717) is 48.0 Å². The molecule has 220 valence electrons. The van der Waals surface area contributed by atoms with Gasteiger partial charge >= 0.3 is 0 Å². The molecule has 0 unspecified atom stereocenters. The van der Waals surface area contributed by atoms with Gasteiger partial charge < -0.3 is 25.2 Å². The van der Waals surface area contributed by atoms with Crippen LogP contribution in [0.2, 0.25) is 0 Å². The standard InChI is InChI=1S/C28H29N11O4/c1-3-18-23(35-10-11-36(20-5-4-19(20)35)26(42)22-24(41)15(2)30-14-31-22)27(43)39-28(37(18)13-21(29)40)33-25(34-39)16-7-9-38-17(12-16)6-8-32-38/h6-9,12,14,19-20,41H,3-5,10-11,13H2,1-2H3,(H2,29,40)/t19-,20-/m0/s1. The topological polar surface area (TPSA) is 182 Å². The average molecular weight is 584 g/mol.